The Morgan fingerprint density at radius 1 is 1.24 bits per heavy atom. The van der Waals surface area contributed by atoms with Crippen LogP contribution in [0.4, 0.5) is 0 Å². The Morgan fingerprint density at radius 2 is 1.90 bits per heavy atom. The Balaban J connectivity index is 1.62. The molecular formula is C18H27NO2. The zero-order valence-corrected chi connectivity index (χ0v) is 13.2. The maximum Gasteiger partial charge on any atom is 0.103 e. The van der Waals surface area contributed by atoms with E-state index in [9.17, 15) is 10.2 Å². The highest BCUT2D eigenvalue weighted by molar-refractivity contribution is 5.19. The molecule has 2 aliphatic rings. The van der Waals surface area contributed by atoms with Gasteiger partial charge in [-0.15, -0.1) is 0 Å². The van der Waals surface area contributed by atoms with Crippen molar-refractivity contribution in [2.75, 3.05) is 6.54 Å². The van der Waals surface area contributed by atoms with Gasteiger partial charge in [0.05, 0.1) is 6.10 Å². The van der Waals surface area contributed by atoms with Gasteiger partial charge in [-0.25, -0.2) is 0 Å². The third-order valence-corrected chi connectivity index (χ3v) is 5.97. The van der Waals surface area contributed by atoms with Gasteiger partial charge in [0.2, 0.25) is 0 Å². The summed E-state index contributed by atoms with van der Waals surface area (Å²) in [4.78, 5) is 0. The van der Waals surface area contributed by atoms with E-state index < -0.39 is 11.7 Å². The highest BCUT2D eigenvalue weighted by atomic mass is 16.3. The number of nitrogens with one attached hydrogen (secondary N) is 1. The summed E-state index contributed by atoms with van der Waals surface area (Å²) in [6, 6.07) is 10.4. The van der Waals surface area contributed by atoms with Gasteiger partial charge in [0.15, 0.2) is 0 Å². The number of hydrogen-bond donors (Lipinski definition) is 3. The summed E-state index contributed by atoms with van der Waals surface area (Å²) >= 11 is 0. The van der Waals surface area contributed by atoms with Gasteiger partial charge in [-0.2, -0.15) is 0 Å². The standard InChI is InChI=1S/C18H27NO2/c1-12(13-7-5-4-6-8-13)19-11-18(21)10-15-14(9-16(18)20)17(15,2)3/h4-8,12,14-16,19-21H,9-11H2,1-3H3/t12-,14+,15-,16+,18+/m0/s1. The van der Waals surface area contributed by atoms with E-state index in [-0.39, 0.29) is 11.5 Å². The lowest BCUT2D eigenvalue weighted by Crippen LogP contribution is -2.52. The molecule has 0 unspecified atom stereocenters. The quantitative estimate of drug-likeness (QED) is 0.798. The van der Waals surface area contributed by atoms with Gasteiger partial charge in [-0.1, -0.05) is 44.2 Å². The molecule has 3 heteroatoms. The second-order valence-corrected chi connectivity index (χ2v) is 7.61. The third kappa shape index (κ3) is 2.63. The zero-order chi connectivity index (χ0) is 15.3. The maximum atomic E-state index is 10.9. The molecule has 2 aliphatic carbocycles. The molecule has 1 aromatic rings. The Kier molecular flexibility index (Phi) is 3.63. The summed E-state index contributed by atoms with van der Waals surface area (Å²) in [5.74, 6) is 1.14. The minimum absolute atomic E-state index is 0.173. The van der Waals surface area contributed by atoms with E-state index in [1.165, 1.54) is 5.56 Å². The first-order valence-corrected chi connectivity index (χ1v) is 8.03. The number of fused-ring (bicyclic) bond motifs is 1. The molecule has 3 N–H and O–H groups in total. The van der Waals surface area contributed by atoms with Crippen LogP contribution in [0.2, 0.25) is 0 Å². The summed E-state index contributed by atoms with van der Waals surface area (Å²) in [5, 5.41) is 24.6. The average molecular weight is 289 g/mol. The van der Waals surface area contributed by atoms with E-state index in [1.807, 2.05) is 18.2 Å². The van der Waals surface area contributed by atoms with Crippen molar-refractivity contribution < 1.29 is 10.2 Å². The van der Waals surface area contributed by atoms with Crippen molar-refractivity contribution >= 4 is 0 Å². The highest BCUT2D eigenvalue weighted by Gasteiger charge is 2.64. The molecule has 2 saturated carbocycles. The highest BCUT2D eigenvalue weighted by Crippen LogP contribution is 2.66. The summed E-state index contributed by atoms with van der Waals surface area (Å²) in [7, 11) is 0. The van der Waals surface area contributed by atoms with Crippen molar-refractivity contribution in [1.29, 1.82) is 0 Å². The molecule has 0 saturated heterocycles. The molecule has 0 amide bonds. The predicted octanol–water partition coefficient (Wildman–Crippen LogP) is 2.50. The van der Waals surface area contributed by atoms with Gasteiger partial charge in [0.1, 0.15) is 5.60 Å². The number of hydrogen-bond acceptors (Lipinski definition) is 3. The summed E-state index contributed by atoms with van der Waals surface area (Å²) in [6.07, 6.45) is 0.826. The molecule has 1 aromatic carbocycles. The van der Waals surface area contributed by atoms with E-state index in [4.69, 9.17) is 0 Å². The lowest BCUT2D eigenvalue weighted by molar-refractivity contribution is -0.101. The van der Waals surface area contributed by atoms with Crippen LogP contribution in [0.5, 0.6) is 0 Å². The fourth-order valence-corrected chi connectivity index (χ4v) is 4.09. The van der Waals surface area contributed by atoms with Crippen LogP contribution in [0.1, 0.15) is 45.2 Å². The minimum Gasteiger partial charge on any atom is -0.390 e. The Labute approximate surface area is 127 Å². The van der Waals surface area contributed by atoms with Gasteiger partial charge in [-0.05, 0) is 42.6 Å². The molecule has 3 nitrogen and oxygen atoms in total. The molecule has 116 valence electrons. The maximum absolute atomic E-state index is 10.9. The van der Waals surface area contributed by atoms with E-state index in [1.54, 1.807) is 0 Å². The van der Waals surface area contributed by atoms with Crippen molar-refractivity contribution in [3.8, 4) is 0 Å². The van der Waals surface area contributed by atoms with Crippen LogP contribution in [0.3, 0.4) is 0 Å². The largest absolute Gasteiger partial charge is 0.390 e. The lowest BCUT2D eigenvalue weighted by Gasteiger charge is -2.37. The molecule has 3 rings (SSSR count). The van der Waals surface area contributed by atoms with Crippen molar-refractivity contribution in [3.63, 3.8) is 0 Å². The van der Waals surface area contributed by atoms with Crippen LogP contribution >= 0.6 is 0 Å². The fraction of sp³-hybridized carbons (Fsp3) is 0.667. The van der Waals surface area contributed by atoms with Crippen LogP contribution in [-0.4, -0.2) is 28.5 Å². The van der Waals surface area contributed by atoms with Gasteiger partial charge in [0.25, 0.3) is 0 Å². The number of rotatable bonds is 4. The summed E-state index contributed by atoms with van der Waals surface area (Å²) in [6.45, 7) is 7.04. The lowest BCUT2D eigenvalue weighted by atomic mass is 9.82. The zero-order valence-electron chi connectivity index (χ0n) is 13.2. The second kappa shape index (κ2) is 5.08. The average Bonchev–Trinajstić information content (AvgIpc) is 2.98. The first-order chi connectivity index (χ1) is 9.84. The van der Waals surface area contributed by atoms with Crippen molar-refractivity contribution in [2.24, 2.45) is 17.3 Å². The summed E-state index contributed by atoms with van der Waals surface area (Å²) < 4.78 is 0. The topological polar surface area (TPSA) is 52.5 Å². The SMILES string of the molecule is C[C@H](NC[C@]1(O)C[C@H]2[C@@H](C[C@H]1O)C2(C)C)c1ccccc1. The van der Waals surface area contributed by atoms with Gasteiger partial charge < -0.3 is 15.5 Å². The first kappa shape index (κ1) is 15.0. The fourth-order valence-electron chi connectivity index (χ4n) is 4.09. The van der Waals surface area contributed by atoms with E-state index in [0.717, 1.165) is 6.42 Å². The Bertz CT molecular complexity index is 501. The summed E-state index contributed by atoms with van der Waals surface area (Å²) in [5.41, 5.74) is 0.505. The molecule has 0 radical (unpaired) electrons. The number of benzene rings is 1. The molecule has 0 bridgehead atoms. The van der Waals surface area contributed by atoms with Gasteiger partial charge >= 0.3 is 0 Å². The smallest absolute Gasteiger partial charge is 0.103 e. The number of aliphatic hydroxyl groups is 2. The molecule has 0 heterocycles. The third-order valence-electron chi connectivity index (χ3n) is 5.97. The van der Waals surface area contributed by atoms with Gasteiger partial charge in [-0.3, -0.25) is 0 Å². The normalized spacial score (nSPS) is 38.6. The van der Waals surface area contributed by atoms with Crippen molar-refractivity contribution in [2.45, 2.75) is 51.4 Å². The van der Waals surface area contributed by atoms with E-state index in [2.05, 4.69) is 38.2 Å². The minimum atomic E-state index is -0.988. The molecule has 0 aliphatic heterocycles. The molecular weight excluding hydrogens is 262 g/mol. The molecule has 2 fully saturated rings. The van der Waals surface area contributed by atoms with E-state index in [0.29, 0.717) is 24.8 Å². The van der Waals surface area contributed by atoms with Crippen LogP contribution in [0, 0.1) is 17.3 Å². The molecule has 5 atom stereocenters. The van der Waals surface area contributed by atoms with E-state index >= 15 is 0 Å². The van der Waals surface area contributed by atoms with Crippen LogP contribution in [0.15, 0.2) is 30.3 Å². The Morgan fingerprint density at radius 3 is 2.57 bits per heavy atom. The predicted molar refractivity (Wildman–Crippen MR) is 83.8 cm³/mol. The van der Waals surface area contributed by atoms with Crippen LogP contribution < -0.4 is 5.32 Å². The first-order valence-electron chi connectivity index (χ1n) is 8.03. The molecule has 0 aromatic heterocycles. The Hall–Kier alpha value is -0.900. The van der Waals surface area contributed by atoms with Gasteiger partial charge in [0, 0.05) is 12.6 Å². The van der Waals surface area contributed by atoms with Crippen LogP contribution in [0.25, 0.3) is 0 Å². The molecule has 0 spiro atoms. The van der Waals surface area contributed by atoms with Crippen molar-refractivity contribution in [1.82, 2.24) is 5.32 Å². The monoisotopic (exact) mass is 289 g/mol. The second-order valence-electron chi connectivity index (χ2n) is 7.61. The van der Waals surface area contributed by atoms with Crippen molar-refractivity contribution in [3.05, 3.63) is 35.9 Å². The van der Waals surface area contributed by atoms with Crippen LogP contribution in [-0.2, 0) is 0 Å². The number of aliphatic hydroxyl groups excluding tert-OH is 1. The molecule has 21 heavy (non-hydrogen) atoms.